The second kappa shape index (κ2) is 7.65. The van der Waals surface area contributed by atoms with Gasteiger partial charge in [-0.1, -0.05) is 26.7 Å². The quantitative estimate of drug-likeness (QED) is 0.675. The van der Waals surface area contributed by atoms with Crippen LogP contribution in [0, 0.1) is 11.3 Å². The van der Waals surface area contributed by atoms with E-state index < -0.39 is 0 Å². The summed E-state index contributed by atoms with van der Waals surface area (Å²) >= 11 is 0. The lowest BCUT2D eigenvalue weighted by Crippen LogP contribution is -2.45. The minimum absolute atomic E-state index is 0.0863. The van der Waals surface area contributed by atoms with Crippen LogP contribution < -0.4 is 0 Å². The molecular weight excluding hydrogens is 254 g/mol. The average molecular weight is 283 g/mol. The number of nitrogens with zero attached hydrogens (tertiary/aromatic N) is 1. The molecule has 116 valence electrons. The van der Waals surface area contributed by atoms with Crippen molar-refractivity contribution < 1.29 is 14.3 Å². The van der Waals surface area contributed by atoms with Crippen LogP contribution in [0.5, 0.6) is 0 Å². The van der Waals surface area contributed by atoms with Gasteiger partial charge < -0.3 is 9.64 Å². The van der Waals surface area contributed by atoms with Gasteiger partial charge in [-0.3, -0.25) is 9.59 Å². The van der Waals surface area contributed by atoms with Crippen LogP contribution in [-0.2, 0) is 14.3 Å². The van der Waals surface area contributed by atoms with Gasteiger partial charge >= 0.3 is 5.97 Å². The minimum atomic E-state index is -0.305. The monoisotopic (exact) mass is 283 g/mol. The third-order valence-electron chi connectivity index (χ3n) is 4.11. The molecule has 1 rings (SSSR count). The van der Waals surface area contributed by atoms with Crippen molar-refractivity contribution in [1.82, 2.24) is 4.90 Å². The molecule has 0 atom stereocenters. The molecule has 1 saturated carbocycles. The molecule has 0 bridgehead atoms. The molecule has 0 aliphatic heterocycles. The summed E-state index contributed by atoms with van der Waals surface area (Å²) in [6.07, 6.45) is 5.09. The highest BCUT2D eigenvalue weighted by molar-refractivity contribution is 5.86. The van der Waals surface area contributed by atoms with Crippen LogP contribution in [-0.4, -0.2) is 36.5 Å². The summed E-state index contributed by atoms with van der Waals surface area (Å²) < 4.78 is 4.97. The first-order valence-electron chi connectivity index (χ1n) is 7.90. The summed E-state index contributed by atoms with van der Waals surface area (Å²) in [6, 6.07) is 0. The molecule has 1 aliphatic carbocycles. The number of rotatable bonds is 7. The lowest BCUT2D eigenvalue weighted by molar-refractivity contribution is -0.153. The smallest absolute Gasteiger partial charge is 0.325 e. The molecular formula is C16H29NO3. The molecule has 1 amide bonds. The van der Waals surface area contributed by atoms with Crippen LogP contribution >= 0.6 is 0 Å². The molecule has 4 heteroatoms. The van der Waals surface area contributed by atoms with Gasteiger partial charge in [-0.15, -0.1) is 0 Å². The van der Waals surface area contributed by atoms with Gasteiger partial charge in [0.1, 0.15) is 6.54 Å². The summed E-state index contributed by atoms with van der Waals surface area (Å²) in [5.41, 5.74) is -0.239. The van der Waals surface area contributed by atoms with Gasteiger partial charge in [0.05, 0.1) is 6.61 Å². The van der Waals surface area contributed by atoms with Crippen LogP contribution in [0.2, 0.25) is 0 Å². The first-order chi connectivity index (χ1) is 9.45. The molecule has 1 aliphatic rings. The van der Waals surface area contributed by atoms with Crippen molar-refractivity contribution in [3.05, 3.63) is 0 Å². The number of hydrogen-bond donors (Lipinski definition) is 0. The lowest BCUT2D eigenvalue weighted by atomic mass is 9.77. The fourth-order valence-electron chi connectivity index (χ4n) is 3.36. The Hall–Kier alpha value is -1.06. The number of carbonyl (C=O) groups is 2. The number of carbonyl (C=O) groups excluding carboxylic acids is 2. The van der Waals surface area contributed by atoms with E-state index in [0.717, 1.165) is 32.1 Å². The maximum Gasteiger partial charge on any atom is 0.325 e. The molecule has 0 unspecified atom stereocenters. The summed E-state index contributed by atoms with van der Waals surface area (Å²) in [5.74, 6) is 0.345. The van der Waals surface area contributed by atoms with E-state index in [2.05, 4.69) is 13.8 Å². The Kier molecular flexibility index (Phi) is 6.50. The Bertz CT molecular complexity index is 333. The molecule has 0 aromatic heterocycles. The molecule has 0 aromatic carbocycles. The van der Waals surface area contributed by atoms with Crippen molar-refractivity contribution in [3.63, 3.8) is 0 Å². The molecule has 0 aromatic rings. The van der Waals surface area contributed by atoms with Crippen molar-refractivity contribution in [2.45, 2.75) is 59.8 Å². The van der Waals surface area contributed by atoms with Gasteiger partial charge in [0.15, 0.2) is 0 Å². The number of esters is 1. The zero-order valence-electron chi connectivity index (χ0n) is 13.4. The number of ether oxygens (including phenoxy) is 1. The van der Waals surface area contributed by atoms with Gasteiger partial charge in [0.2, 0.25) is 5.91 Å². The standard InChI is InChI=1S/C16H29NO3/c1-5-17(12-14(18)20-6-2)15(19)16(11-13(3)4)9-7-8-10-16/h13H,5-12H2,1-4H3. The van der Waals surface area contributed by atoms with Gasteiger partial charge in [0, 0.05) is 12.0 Å². The number of hydrogen-bond acceptors (Lipinski definition) is 3. The molecule has 0 spiro atoms. The Morgan fingerprint density at radius 2 is 1.80 bits per heavy atom. The summed E-state index contributed by atoms with van der Waals surface area (Å²) in [7, 11) is 0. The van der Waals surface area contributed by atoms with E-state index in [1.54, 1.807) is 11.8 Å². The van der Waals surface area contributed by atoms with E-state index in [0.29, 0.717) is 19.1 Å². The second-order valence-corrected chi connectivity index (χ2v) is 6.21. The molecule has 0 saturated heterocycles. The molecule has 0 N–H and O–H groups in total. The van der Waals surface area contributed by atoms with Crippen molar-refractivity contribution in [1.29, 1.82) is 0 Å². The lowest BCUT2D eigenvalue weighted by Gasteiger charge is -2.34. The summed E-state index contributed by atoms with van der Waals surface area (Å²) in [6.45, 7) is 9.05. The SMILES string of the molecule is CCOC(=O)CN(CC)C(=O)C1(CC(C)C)CCCC1. The van der Waals surface area contributed by atoms with E-state index in [4.69, 9.17) is 4.74 Å². The topological polar surface area (TPSA) is 46.6 Å². The number of amides is 1. The fourth-order valence-corrected chi connectivity index (χ4v) is 3.36. The Labute approximate surface area is 122 Å². The highest BCUT2D eigenvalue weighted by atomic mass is 16.5. The maximum absolute atomic E-state index is 12.9. The Balaban J connectivity index is 2.78. The van der Waals surface area contributed by atoms with Crippen LogP contribution in [0.25, 0.3) is 0 Å². The predicted molar refractivity (Wildman–Crippen MR) is 79.2 cm³/mol. The minimum Gasteiger partial charge on any atom is -0.465 e. The van der Waals surface area contributed by atoms with E-state index in [1.165, 1.54) is 0 Å². The zero-order valence-corrected chi connectivity index (χ0v) is 13.4. The summed E-state index contributed by atoms with van der Waals surface area (Å²) in [5, 5.41) is 0. The average Bonchev–Trinajstić information content (AvgIpc) is 2.84. The molecule has 0 radical (unpaired) electrons. The molecule has 0 heterocycles. The van der Waals surface area contributed by atoms with E-state index in [9.17, 15) is 9.59 Å². The van der Waals surface area contributed by atoms with E-state index in [-0.39, 0.29) is 23.8 Å². The summed E-state index contributed by atoms with van der Waals surface area (Å²) in [4.78, 5) is 26.2. The van der Waals surface area contributed by atoms with Gasteiger partial charge in [0.25, 0.3) is 0 Å². The normalized spacial score (nSPS) is 17.2. The van der Waals surface area contributed by atoms with E-state index >= 15 is 0 Å². The van der Waals surface area contributed by atoms with Crippen LogP contribution in [0.15, 0.2) is 0 Å². The van der Waals surface area contributed by atoms with Gasteiger partial charge in [-0.2, -0.15) is 0 Å². The van der Waals surface area contributed by atoms with Crippen LogP contribution in [0.1, 0.15) is 59.8 Å². The maximum atomic E-state index is 12.9. The first-order valence-corrected chi connectivity index (χ1v) is 7.90. The molecule has 20 heavy (non-hydrogen) atoms. The first kappa shape index (κ1) is 17.0. The largest absolute Gasteiger partial charge is 0.465 e. The number of likely N-dealkylation sites (N-methyl/N-ethyl adjacent to an activating group) is 1. The molecule has 1 fully saturated rings. The Morgan fingerprint density at radius 3 is 2.25 bits per heavy atom. The highest BCUT2D eigenvalue weighted by Crippen LogP contribution is 2.44. The second-order valence-electron chi connectivity index (χ2n) is 6.21. The zero-order chi connectivity index (χ0) is 15.2. The van der Waals surface area contributed by atoms with Crippen molar-refractivity contribution in [3.8, 4) is 0 Å². The van der Waals surface area contributed by atoms with E-state index in [1.807, 2.05) is 6.92 Å². The van der Waals surface area contributed by atoms with Crippen LogP contribution in [0.3, 0.4) is 0 Å². The van der Waals surface area contributed by atoms with Crippen molar-refractivity contribution in [2.75, 3.05) is 19.7 Å². The van der Waals surface area contributed by atoms with Gasteiger partial charge in [-0.25, -0.2) is 0 Å². The Morgan fingerprint density at radius 1 is 1.20 bits per heavy atom. The van der Waals surface area contributed by atoms with Crippen molar-refractivity contribution >= 4 is 11.9 Å². The highest BCUT2D eigenvalue weighted by Gasteiger charge is 2.43. The third-order valence-corrected chi connectivity index (χ3v) is 4.11. The molecule has 4 nitrogen and oxygen atoms in total. The third kappa shape index (κ3) is 4.22. The van der Waals surface area contributed by atoms with Crippen molar-refractivity contribution in [2.24, 2.45) is 11.3 Å². The van der Waals surface area contributed by atoms with Gasteiger partial charge in [-0.05, 0) is 39.0 Å². The van der Waals surface area contributed by atoms with Crippen LogP contribution in [0.4, 0.5) is 0 Å². The fraction of sp³-hybridized carbons (Fsp3) is 0.875. The predicted octanol–water partition coefficient (Wildman–Crippen LogP) is 3.00.